The Kier molecular flexibility index (Phi) is 6.23. The first kappa shape index (κ1) is 21.0. The zero-order chi connectivity index (χ0) is 20.4. The first-order valence-electron chi connectivity index (χ1n) is 8.86. The molecule has 152 valence electrons. The number of morpholine rings is 1. The Hall–Kier alpha value is -1.75. The van der Waals surface area contributed by atoms with Crippen LogP contribution in [0.15, 0.2) is 38.8 Å². The average Bonchev–Trinajstić information content (AvgIpc) is 3.15. The highest BCUT2D eigenvalue weighted by molar-refractivity contribution is 7.99. The van der Waals surface area contributed by atoms with Gasteiger partial charge in [0.15, 0.2) is 0 Å². The lowest BCUT2D eigenvalue weighted by molar-refractivity contribution is -0.123. The molecule has 0 aliphatic carbocycles. The Morgan fingerprint density at radius 1 is 1.21 bits per heavy atom. The van der Waals surface area contributed by atoms with Crippen LogP contribution in [0.25, 0.3) is 11.5 Å². The van der Waals surface area contributed by atoms with Gasteiger partial charge in [-0.15, -0.1) is 10.2 Å². The molecule has 8 nitrogen and oxygen atoms in total. The van der Waals surface area contributed by atoms with Crippen LogP contribution in [0.3, 0.4) is 0 Å². The zero-order valence-electron chi connectivity index (χ0n) is 16.0. The summed E-state index contributed by atoms with van der Waals surface area (Å²) in [6.45, 7) is 7.00. The van der Waals surface area contributed by atoms with Gasteiger partial charge in [0.2, 0.25) is 15.9 Å². The minimum atomic E-state index is -3.61. The van der Waals surface area contributed by atoms with E-state index in [1.54, 1.807) is 18.2 Å². The first-order chi connectivity index (χ1) is 13.2. The van der Waals surface area contributed by atoms with Crippen LogP contribution < -0.4 is 0 Å². The fraction of sp³-hybridized carbons (Fsp3) is 0.500. The van der Waals surface area contributed by atoms with Crippen LogP contribution in [0.1, 0.15) is 20.8 Å². The van der Waals surface area contributed by atoms with Gasteiger partial charge in [-0.05, 0) is 18.2 Å². The number of benzene rings is 1. The van der Waals surface area contributed by atoms with Crippen LogP contribution in [0, 0.1) is 5.41 Å². The maximum absolute atomic E-state index is 12.8. The van der Waals surface area contributed by atoms with Crippen LogP contribution in [-0.4, -0.2) is 60.8 Å². The molecule has 28 heavy (non-hydrogen) atoms. The van der Waals surface area contributed by atoms with Crippen molar-refractivity contribution in [3.63, 3.8) is 0 Å². The smallest absolute Gasteiger partial charge is 0.277 e. The van der Waals surface area contributed by atoms with Crippen molar-refractivity contribution in [2.45, 2.75) is 30.9 Å². The predicted molar refractivity (Wildman–Crippen MR) is 104 cm³/mol. The number of carbonyl (C=O) groups is 1. The van der Waals surface area contributed by atoms with Gasteiger partial charge in [-0.25, -0.2) is 8.42 Å². The molecule has 2 aromatic rings. The molecule has 3 rings (SSSR count). The van der Waals surface area contributed by atoms with E-state index in [0.717, 1.165) is 0 Å². The average molecular weight is 426 g/mol. The molecule has 0 amide bonds. The summed E-state index contributed by atoms with van der Waals surface area (Å²) in [7, 11) is -3.61. The number of nitrogens with zero attached hydrogens (tertiary/aromatic N) is 3. The van der Waals surface area contributed by atoms with Crippen molar-refractivity contribution in [1.82, 2.24) is 14.5 Å². The molecule has 1 saturated heterocycles. The summed E-state index contributed by atoms with van der Waals surface area (Å²) in [5.41, 5.74) is 0.0775. The van der Waals surface area contributed by atoms with Crippen LogP contribution in [0.2, 0.25) is 0 Å². The van der Waals surface area contributed by atoms with Crippen LogP contribution in [0.5, 0.6) is 0 Å². The lowest BCUT2D eigenvalue weighted by Gasteiger charge is -2.26. The fourth-order valence-electron chi connectivity index (χ4n) is 2.45. The quantitative estimate of drug-likeness (QED) is 0.650. The molecule has 1 fully saturated rings. The molecule has 0 bridgehead atoms. The molecule has 1 aliphatic heterocycles. The van der Waals surface area contributed by atoms with Crippen molar-refractivity contribution in [3.05, 3.63) is 24.3 Å². The van der Waals surface area contributed by atoms with Gasteiger partial charge in [0, 0.05) is 24.1 Å². The lowest BCUT2D eigenvalue weighted by Crippen LogP contribution is -2.40. The number of ether oxygens (including phenoxy) is 1. The molecule has 0 spiro atoms. The third kappa shape index (κ3) is 4.80. The van der Waals surface area contributed by atoms with Gasteiger partial charge in [0.05, 0.1) is 23.9 Å². The maximum atomic E-state index is 12.8. The van der Waals surface area contributed by atoms with Gasteiger partial charge in [-0.1, -0.05) is 38.6 Å². The summed E-state index contributed by atoms with van der Waals surface area (Å²) in [6.07, 6.45) is 0. The zero-order valence-corrected chi connectivity index (χ0v) is 17.7. The standard InChI is InChI=1S/C18H23N3O5S2/c1-18(2,3)15(22)12-27-17-20-19-16(26-17)13-5-4-6-14(11-13)28(23,24)21-7-9-25-10-8-21/h4-6,11H,7-10,12H2,1-3H3. The van der Waals surface area contributed by atoms with Crippen LogP contribution in [0.4, 0.5) is 0 Å². The van der Waals surface area contributed by atoms with Crippen molar-refractivity contribution in [2.24, 2.45) is 5.41 Å². The Labute approximate surface area is 168 Å². The van der Waals surface area contributed by atoms with E-state index in [2.05, 4.69) is 10.2 Å². The largest absolute Gasteiger partial charge is 0.411 e. The third-order valence-corrected chi connectivity index (χ3v) is 6.97. The molecule has 1 aliphatic rings. The van der Waals surface area contributed by atoms with E-state index in [-0.39, 0.29) is 27.5 Å². The number of hydrogen-bond acceptors (Lipinski definition) is 8. The topological polar surface area (TPSA) is 103 Å². The van der Waals surface area contributed by atoms with Gasteiger partial charge in [0.25, 0.3) is 5.22 Å². The lowest BCUT2D eigenvalue weighted by atomic mass is 9.92. The molecule has 1 aromatic carbocycles. The fourth-order valence-corrected chi connectivity index (χ4v) is 4.83. The van der Waals surface area contributed by atoms with Crippen molar-refractivity contribution >= 4 is 27.6 Å². The Bertz CT molecular complexity index is 944. The molecule has 0 saturated carbocycles. The normalized spacial score (nSPS) is 16.2. The summed E-state index contributed by atoms with van der Waals surface area (Å²) in [6, 6.07) is 6.42. The predicted octanol–water partition coefficient (Wildman–Crippen LogP) is 2.46. The van der Waals surface area contributed by atoms with Crippen molar-refractivity contribution < 1.29 is 22.4 Å². The van der Waals surface area contributed by atoms with E-state index in [9.17, 15) is 13.2 Å². The van der Waals surface area contributed by atoms with Crippen molar-refractivity contribution in [3.8, 4) is 11.5 Å². The molecule has 2 heterocycles. The highest BCUT2D eigenvalue weighted by atomic mass is 32.2. The number of hydrogen-bond donors (Lipinski definition) is 0. The second-order valence-corrected chi connectivity index (χ2v) is 10.2. The second-order valence-electron chi connectivity index (χ2n) is 7.38. The van der Waals surface area contributed by atoms with E-state index >= 15 is 0 Å². The van der Waals surface area contributed by atoms with E-state index in [1.165, 1.54) is 22.1 Å². The van der Waals surface area contributed by atoms with Crippen molar-refractivity contribution in [2.75, 3.05) is 32.1 Å². The van der Waals surface area contributed by atoms with E-state index < -0.39 is 15.4 Å². The number of Topliss-reactive ketones (excluding diaryl/α,β-unsaturated/α-hetero) is 1. The Morgan fingerprint density at radius 3 is 2.61 bits per heavy atom. The molecule has 0 atom stereocenters. The van der Waals surface area contributed by atoms with E-state index in [0.29, 0.717) is 31.9 Å². The maximum Gasteiger partial charge on any atom is 0.277 e. The molecule has 1 aromatic heterocycles. The summed E-state index contributed by atoms with van der Waals surface area (Å²) in [5.74, 6) is 0.525. The Balaban J connectivity index is 1.76. The van der Waals surface area contributed by atoms with Gasteiger partial charge in [0.1, 0.15) is 5.78 Å². The summed E-state index contributed by atoms with van der Waals surface area (Å²) in [4.78, 5) is 12.2. The SMILES string of the molecule is CC(C)(C)C(=O)CSc1nnc(-c2cccc(S(=O)(=O)N3CCOCC3)c2)o1. The number of carbonyl (C=O) groups excluding carboxylic acids is 1. The van der Waals surface area contributed by atoms with Gasteiger partial charge >= 0.3 is 0 Å². The summed E-state index contributed by atoms with van der Waals surface area (Å²) in [5, 5.41) is 8.20. The highest BCUT2D eigenvalue weighted by Gasteiger charge is 2.27. The number of aromatic nitrogens is 2. The molecule has 0 radical (unpaired) electrons. The Morgan fingerprint density at radius 2 is 1.93 bits per heavy atom. The van der Waals surface area contributed by atoms with Gasteiger partial charge < -0.3 is 9.15 Å². The number of rotatable bonds is 6. The monoisotopic (exact) mass is 425 g/mol. The molecule has 10 heteroatoms. The van der Waals surface area contributed by atoms with Gasteiger partial charge in [-0.3, -0.25) is 4.79 Å². The highest BCUT2D eigenvalue weighted by Crippen LogP contribution is 2.27. The summed E-state index contributed by atoms with van der Waals surface area (Å²) >= 11 is 1.17. The number of thioether (sulfide) groups is 1. The third-order valence-electron chi connectivity index (χ3n) is 4.26. The molecular formula is C18H23N3O5S2. The van der Waals surface area contributed by atoms with Crippen LogP contribution in [-0.2, 0) is 19.6 Å². The first-order valence-corrected chi connectivity index (χ1v) is 11.3. The van der Waals surface area contributed by atoms with Crippen LogP contribution >= 0.6 is 11.8 Å². The minimum absolute atomic E-state index is 0.0795. The number of sulfonamides is 1. The van der Waals surface area contributed by atoms with Crippen molar-refractivity contribution in [1.29, 1.82) is 0 Å². The molecular weight excluding hydrogens is 402 g/mol. The minimum Gasteiger partial charge on any atom is -0.411 e. The second kappa shape index (κ2) is 8.32. The summed E-state index contributed by atoms with van der Waals surface area (Å²) < 4.78 is 37.9. The number of ketones is 1. The van der Waals surface area contributed by atoms with Gasteiger partial charge in [-0.2, -0.15) is 4.31 Å². The molecule has 0 N–H and O–H groups in total. The molecule has 0 unspecified atom stereocenters. The van der Waals surface area contributed by atoms with E-state index in [4.69, 9.17) is 9.15 Å². The van der Waals surface area contributed by atoms with E-state index in [1.807, 2.05) is 20.8 Å².